The third-order valence-electron chi connectivity index (χ3n) is 3.56. The Bertz CT molecular complexity index is 758. The van der Waals surface area contributed by atoms with Crippen LogP contribution >= 0.6 is 0 Å². The second-order valence-corrected chi connectivity index (χ2v) is 4.95. The summed E-state index contributed by atoms with van der Waals surface area (Å²) >= 11 is 0. The predicted octanol–water partition coefficient (Wildman–Crippen LogP) is 2.77. The van der Waals surface area contributed by atoms with Gasteiger partial charge in [-0.2, -0.15) is 5.10 Å². The number of hydrogen-bond donors (Lipinski definition) is 1. The van der Waals surface area contributed by atoms with E-state index in [2.05, 4.69) is 18.1 Å². The molecule has 0 saturated carbocycles. The highest BCUT2D eigenvalue weighted by Crippen LogP contribution is 2.33. The van der Waals surface area contributed by atoms with E-state index >= 15 is 0 Å². The summed E-state index contributed by atoms with van der Waals surface area (Å²) in [6, 6.07) is 9.86. The lowest BCUT2D eigenvalue weighted by atomic mass is 10.2. The van der Waals surface area contributed by atoms with Crippen molar-refractivity contribution in [3.05, 3.63) is 47.5 Å². The van der Waals surface area contributed by atoms with Crippen LogP contribution in [0.3, 0.4) is 0 Å². The van der Waals surface area contributed by atoms with Crippen molar-refractivity contribution in [3.8, 4) is 5.75 Å². The molecule has 0 amide bonds. The SMILES string of the molecule is CCc1cc(COc2c(CN)oc3ccccc23)n(C)n1. The molecule has 0 aliphatic carbocycles. The van der Waals surface area contributed by atoms with Gasteiger partial charge in [0.1, 0.15) is 12.2 Å². The molecule has 1 aromatic carbocycles. The molecule has 0 bridgehead atoms. The Morgan fingerprint density at radius 1 is 1.33 bits per heavy atom. The van der Waals surface area contributed by atoms with Gasteiger partial charge < -0.3 is 14.9 Å². The van der Waals surface area contributed by atoms with Crippen LogP contribution in [0, 0.1) is 0 Å². The molecule has 2 aromatic heterocycles. The second-order valence-electron chi connectivity index (χ2n) is 4.95. The monoisotopic (exact) mass is 285 g/mol. The number of hydrogen-bond acceptors (Lipinski definition) is 4. The van der Waals surface area contributed by atoms with Gasteiger partial charge in [0.15, 0.2) is 11.5 Å². The number of para-hydroxylation sites is 1. The van der Waals surface area contributed by atoms with Crippen LogP contribution in [0.15, 0.2) is 34.7 Å². The van der Waals surface area contributed by atoms with Gasteiger partial charge in [-0.1, -0.05) is 19.1 Å². The smallest absolute Gasteiger partial charge is 0.170 e. The van der Waals surface area contributed by atoms with Crippen molar-refractivity contribution in [2.75, 3.05) is 0 Å². The van der Waals surface area contributed by atoms with Crippen molar-refractivity contribution in [3.63, 3.8) is 0 Å². The van der Waals surface area contributed by atoms with Gasteiger partial charge >= 0.3 is 0 Å². The highest BCUT2D eigenvalue weighted by atomic mass is 16.5. The molecule has 0 aliphatic rings. The van der Waals surface area contributed by atoms with Gasteiger partial charge in [-0.05, 0) is 24.6 Å². The first-order valence-electron chi connectivity index (χ1n) is 7.08. The lowest BCUT2D eigenvalue weighted by Gasteiger charge is -2.06. The van der Waals surface area contributed by atoms with Crippen LogP contribution in [0.2, 0.25) is 0 Å². The molecule has 3 rings (SSSR count). The molecule has 0 atom stereocenters. The number of nitrogens with zero attached hydrogens (tertiary/aromatic N) is 2. The highest BCUT2D eigenvalue weighted by Gasteiger charge is 2.15. The van der Waals surface area contributed by atoms with Gasteiger partial charge in [-0.25, -0.2) is 0 Å². The Kier molecular flexibility index (Phi) is 3.66. The molecule has 2 heterocycles. The van der Waals surface area contributed by atoms with E-state index in [1.54, 1.807) is 0 Å². The minimum absolute atomic E-state index is 0.315. The molecule has 0 saturated heterocycles. The Balaban J connectivity index is 1.89. The number of benzene rings is 1. The van der Waals surface area contributed by atoms with Crippen molar-refractivity contribution in [1.82, 2.24) is 9.78 Å². The highest BCUT2D eigenvalue weighted by molar-refractivity contribution is 5.85. The molecular formula is C16H19N3O2. The van der Waals surface area contributed by atoms with Gasteiger partial charge in [0.25, 0.3) is 0 Å². The first-order valence-corrected chi connectivity index (χ1v) is 7.08. The van der Waals surface area contributed by atoms with Crippen molar-refractivity contribution in [1.29, 1.82) is 0 Å². The topological polar surface area (TPSA) is 66.2 Å². The number of rotatable bonds is 5. The van der Waals surface area contributed by atoms with Gasteiger partial charge in [0, 0.05) is 7.05 Å². The third kappa shape index (κ3) is 2.52. The average Bonchev–Trinajstić information content (AvgIpc) is 3.05. The second kappa shape index (κ2) is 5.61. The summed E-state index contributed by atoms with van der Waals surface area (Å²) in [5.74, 6) is 1.40. The fraction of sp³-hybridized carbons (Fsp3) is 0.312. The number of aryl methyl sites for hydroxylation is 2. The molecule has 5 heteroatoms. The molecule has 0 aliphatic heterocycles. The summed E-state index contributed by atoms with van der Waals surface area (Å²) in [7, 11) is 1.93. The molecule has 3 aromatic rings. The van der Waals surface area contributed by atoms with Gasteiger partial charge in [0.05, 0.1) is 23.3 Å². The van der Waals surface area contributed by atoms with Crippen LogP contribution in [0.4, 0.5) is 0 Å². The summed E-state index contributed by atoms with van der Waals surface area (Å²) in [5, 5.41) is 5.38. The number of fused-ring (bicyclic) bond motifs is 1. The normalized spacial score (nSPS) is 11.2. The predicted molar refractivity (Wildman–Crippen MR) is 81.0 cm³/mol. The molecule has 21 heavy (non-hydrogen) atoms. The zero-order chi connectivity index (χ0) is 14.8. The maximum Gasteiger partial charge on any atom is 0.170 e. The molecule has 5 nitrogen and oxygen atoms in total. The Morgan fingerprint density at radius 2 is 2.14 bits per heavy atom. The molecular weight excluding hydrogens is 266 g/mol. The molecule has 0 radical (unpaired) electrons. The number of nitrogens with two attached hydrogens (primary N) is 1. The lowest BCUT2D eigenvalue weighted by Crippen LogP contribution is -2.05. The van der Waals surface area contributed by atoms with Crippen LogP contribution in [-0.2, 0) is 26.6 Å². The number of furan rings is 1. The van der Waals surface area contributed by atoms with Crippen molar-refractivity contribution >= 4 is 11.0 Å². The molecule has 0 spiro atoms. The first-order chi connectivity index (χ1) is 10.2. The maximum absolute atomic E-state index is 5.97. The Hall–Kier alpha value is -2.27. The molecule has 2 N–H and O–H groups in total. The standard InChI is InChI=1S/C16H19N3O2/c1-3-11-8-12(19(2)18-11)10-20-16-13-6-4-5-7-14(13)21-15(16)9-17/h4-8H,3,9-10,17H2,1-2H3. The quantitative estimate of drug-likeness (QED) is 0.782. The van der Waals surface area contributed by atoms with E-state index in [0.29, 0.717) is 18.9 Å². The summed E-state index contributed by atoms with van der Waals surface area (Å²) < 4.78 is 13.5. The zero-order valence-electron chi connectivity index (χ0n) is 12.3. The Morgan fingerprint density at radius 3 is 2.86 bits per heavy atom. The Labute approximate surface area is 123 Å². The van der Waals surface area contributed by atoms with Crippen LogP contribution < -0.4 is 10.5 Å². The summed E-state index contributed by atoms with van der Waals surface area (Å²) in [4.78, 5) is 0. The first kappa shape index (κ1) is 13.7. The minimum atomic E-state index is 0.315. The van der Waals surface area contributed by atoms with E-state index in [1.807, 2.05) is 36.0 Å². The number of aromatic nitrogens is 2. The molecule has 110 valence electrons. The summed E-state index contributed by atoms with van der Waals surface area (Å²) in [6.07, 6.45) is 0.913. The summed E-state index contributed by atoms with van der Waals surface area (Å²) in [5.41, 5.74) is 8.64. The van der Waals surface area contributed by atoms with Crippen LogP contribution in [0.5, 0.6) is 5.75 Å². The van der Waals surface area contributed by atoms with E-state index in [1.165, 1.54) is 0 Å². The van der Waals surface area contributed by atoms with Gasteiger partial charge in [-0.3, -0.25) is 4.68 Å². The fourth-order valence-electron chi connectivity index (χ4n) is 2.39. The zero-order valence-corrected chi connectivity index (χ0v) is 12.3. The van der Waals surface area contributed by atoms with Crippen molar-refractivity contribution < 1.29 is 9.15 Å². The van der Waals surface area contributed by atoms with Crippen molar-refractivity contribution in [2.45, 2.75) is 26.5 Å². The largest absolute Gasteiger partial charge is 0.483 e. The molecule has 0 fully saturated rings. The van der Waals surface area contributed by atoms with E-state index in [-0.39, 0.29) is 0 Å². The molecule has 0 unspecified atom stereocenters. The van der Waals surface area contributed by atoms with E-state index in [9.17, 15) is 0 Å². The average molecular weight is 285 g/mol. The van der Waals surface area contributed by atoms with E-state index < -0.39 is 0 Å². The van der Waals surface area contributed by atoms with Crippen LogP contribution in [0.25, 0.3) is 11.0 Å². The van der Waals surface area contributed by atoms with Crippen LogP contribution in [-0.4, -0.2) is 9.78 Å². The fourth-order valence-corrected chi connectivity index (χ4v) is 2.39. The minimum Gasteiger partial charge on any atom is -0.483 e. The maximum atomic E-state index is 5.97. The van der Waals surface area contributed by atoms with Gasteiger partial charge in [-0.15, -0.1) is 0 Å². The van der Waals surface area contributed by atoms with Gasteiger partial charge in [0.2, 0.25) is 0 Å². The summed E-state index contributed by atoms with van der Waals surface area (Å²) in [6.45, 7) is 2.85. The van der Waals surface area contributed by atoms with E-state index in [0.717, 1.165) is 34.5 Å². The third-order valence-corrected chi connectivity index (χ3v) is 3.56. The lowest BCUT2D eigenvalue weighted by molar-refractivity contribution is 0.288. The number of ether oxygens (including phenoxy) is 1. The van der Waals surface area contributed by atoms with Crippen molar-refractivity contribution in [2.24, 2.45) is 12.8 Å². The van der Waals surface area contributed by atoms with Crippen LogP contribution in [0.1, 0.15) is 24.1 Å². The van der Waals surface area contributed by atoms with E-state index in [4.69, 9.17) is 14.9 Å².